The first-order chi connectivity index (χ1) is 18.6. The molecule has 0 amide bonds. The molecular formula is C34H68O4. The fourth-order valence-electron chi connectivity index (χ4n) is 4.93. The topological polar surface area (TPSA) is 44.8 Å². The molecule has 0 aliphatic heterocycles. The van der Waals surface area contributed by atoms with Gasteiger partial charge in [0.25, 0.3) is 0 Å². The zero-order valence-electron chi connectivity index (χ0n) is 26.5. The molecule has 0 aromatic carbocycles. The number of rotatable bonds is 30. The van der Waals surface area contributed by atoms with Gasteiger partial charge in [-0.05, 0) is 31.1 Å². The van der Waals surface area contributed by atoms with Crippen LogP contribution in [0.3, 0.4) is 0 Å². The van der Waals surface area contributed by atoms with E-state index in [0.29, 0.717) is 31.3 Å². The molecule has 0 saturated carbocycles. The second kappa shape index (κ2) is 29.4. The number of unbranched alkanes of at least 4 members (excludes halogenated alkanes) is 13. The lowest BCUT2D eigenvalue weighted by Crippen LogP contribution is -2.25. The zero-order valence-corrected chi connectivity index (χ0v) is 26.5. The molecule has 4 nitrogen and oxygen atoms in total. The molecule has 2 atom stereocenters. The van der Waals surface area contributed by atoms with E-state index >= 15 is 0 Å². The third-order valence-electron chi connectivity index (χ3n) is 7.97. The minimum atomic E-state index is -0.305. The lowest BCUT2D eigenvalue weighted by molar-refractivity contribution is -0.168. The van der Waals surface area contributed by atoms with E-state index in [1.807, 2.05) is 0 Å². The Balaban J connectivity index is 4.14. The van der Waals surface area contributed by atoms with Gasteiger partial charge in [0.1, 0.15) is 0 Å². The van der Waals surface area contributed by atoms with Crippen molar-refractivity contribution in [3.8, 4) is 0 Å². The summed E-state index contributed by atoms with van der Waals surface area (Å²) in [7, 11) is 0. The third-order valence-corrected chi connectivity index (χ3v) is 7.97. The van der Waals surface area contributed by atoms with Crippen LogP contribution in [0, 0.1) is 11.8 Å². The van der Waals surface area contributed by atoms with Gasteiger partial charge in [-0.2, -0.15) is 0 Å². The Hall–Kier alpha value is -0.610. The molecule has 0 aromatic heterocycles. The summed E-state index contributed by atoms with van der Waals surface area (Å²) in [4.78, 5) is 12.4. The molecule has 0 spiro atoms. The van der Waals surface area contributed by atoms with Crippen molar-refractivity contribution in [2.45, 2.75) is 182 Å². The molecule has 2 unspecified atom stereocenters. The van der Waals surface area contributed by atoms with E-state index in [1.165, 1.54) is 103 Å². The summed E-state index contributed by atoms with van der Waals surface area (Å²) in [6.45, 7) is 13.2. The molecule has 0 N–H and O–H groups in total. The van der Waals surface area contributed by atoms with Gasteiger partial charge in [0.2, 0.25) is 0 Å². The fraction of sp³-hybridized carbons (Fsp3) is 0.971. The number of esters is 1. The van der Waals surface area contributed by atoms with Crippen LogP contribution >= 0.6 is 0 Å². The van der Waals surface area contributed by atoms with Crippen molar-refractivity contribution in [1.82, 2.24) is 0 Å². The van der Waals surface area contributed by atoms with Gasteiger partial charge in [-0.3, -0.25) is 4.79 Å². The second-order valence-corrected chi connectivity index (χ2v) is 11.6. The molecule has 0 aliphatic carbocycles. The predicted octanol–water partition coefficient (Wildman–Crippen LogP) is 10.8. The van der Waals surface area contributed by atoms with Crippen LogP contribution in [0.2, 0.25) is 0 Å². The largest absolute Gasteiger partial charge is 0.466 e. The highest BCUT2D eigenvalue weighted by Crippen LogP contribution is 2.19. The van der Waals surface area contributed by atoms with Crippen molar-refractivity contribution >= 4 is 5.97 Å². The Morgan fingerprint density at radius 1 is 0.526 bits per heavy atom. The van der Waals surface area contributed by atoms with Gasteiger partial charge in [0, 0.05) is 6.42 Å². The van der Waals surface area contributed by atoms with Crippen LogP contribution in [-0.2, 0) is 19.0 Å². The maximum Gasteiger partial charge on any atom is 0.305 e. The second-order valence-electron chi connectivity index (χ2n) is 11.6. The van der Waals surface area contributed by atoms with Gasteiger partial charge < -0.3 is 14.2 Å². The normalized spacial score (nSPS) is 13.9. The van der Waals surface area contributed by atoms with Crippen LogP contribution in [0.1, 0.15) is 176 Å². The van der Waals surface area contributed by atoms with Crippen molar-refractivity contribution in [2.24, 2.45) is 11.8 Å². The monoisotopic (exact) mass is 541 g/mol. The van der Waals surface area contributed by atoms with Gasteiger partial charge in [-0.15, -0.1) is 0 Å². The molecule has 0 fully saturated rings. The maximum atomic E-state index is 12.4. The summed E-state index contributed by atoms with van der Waals surface area (Å²) in [6.07, 6.45) is 26.0. The van der Waals surface area contributed by atoms with E-state index in [-0.39, 0.29) is 12.3 Å². The van der Waals surface area contributed by atoms with Crippen LogP contribution < -0.4 is 0 Å². The van der Waals surface area contributed by atoms with E-state index in [9.17, 15) is 4.79 Å². The average molecular weight is 541 g/mol. The van der Waals surface area contributed by atoms with Crippen molar-refractivity contribution in [2.75, 3.05) is 19.8 Å². The molecule has 4 heteroatoms. The van der Waals surface area contributed by atoms with Crippen molar-refractivity contribution in [3.63, 3.8) is 0 Å². The maximum absolute atomic E-state index is 12.4. The summed E-state index contributed by atoms with van der Waals surface area (Å²) in [6, 6.07) is 0. The smallest absolute Gasteiger partial charge is 0.305 e. The van der Waals surface area contributed by atoms with Crippen LogP contribution in [0.25, 0.3) is 0 Å². The molecule has 38 heavy (non-hydrogen) atoms. The van der Waals surface area contributed by atoms with Gasteiger partial charge in [0.05, 0.1) is 26.2 Å². The third kappa shape index (κ3) is 24.4. The van der Waals surface area contributed by atoms with Crippen LogP contribution in [0.15, 0.2) is 0 Å². The quantitative estimate of drug-likeness (QED) is 0.0516. The standard InChI is InChI=1S/C34H68O4/c1-6-11-14-15-16-17-18-19-20-21-22-23-28-36-33(35)26-27-34(37-29-31(9-4)24-12-7-2)38-30-32(10-5)25-13-8-3/h31-32,34H,6-30H2,1-5H3. The molecule has 0 radical (unpaired) electrons. The van der Waals surface area contributed by atoms with Gasteiger partial charge in [-0.1, -0.05) is 144 Å². The molecule has 228 valence electrons. The highest BCUT2D eigenvalue weighted by atomic mass is 16.7. The SMILES string of the molecule is CCCCCCCCCCCCCCOC(=O)CCC(OCC(CC)CCCC)OCC(CC)CCCC. The highest BCUT2D eigenvalue weighted by Gasteiger charge is 2.18. The number of ether oxygens (including phenoxy) is 3. The lowest BCUT2D eigenvalue weighted by Gasteiger charge is -2.24. The van der Waals surface area contributed by atoms with Crippen molar-refractivity contribution in [1.29, 1.82) is 0 Å². The van der Waals surface area contributed by atoms with Crippen LogP contribution in [0.4, 0.5) is 0 Å². The molecule has 0 aliphatic rings. The first kappa shape index (κ1) is 37.4. The molecule has 0 rings (SSSR count). The van der Waals surface area contributed by atoms with Gasteiger partial charge in [-0.25, -0.2) is 0 Å². The van der Waals surface area contributed by atoms with Crippen molar-refractivity contribution in [3.05, 3.63) is 0 Å². The predicted molar refractivity (Wildman–Crippen MR) is 164 cm³/mol. The Labute approximate surface area is 238 Å². The van der Waals surface area contributed by atoms with Crippen LogP contribution in [0.5, 0.6) is 0 Å². The first-order valence-corrected chi connectivity index (χ1v) is 17.0. The summed E-state index contributed by atoms with van der Waals surface area (Å²) in [5.41, 5.74) is 0. The van der Waals surface area contributed by atoms with Crippen molar-refractivity contribution < 1.29 is 19.0 Å². The Morgan fingerprint density at radius 2 is 0.947 bits per heavy atom. The Kier molecular flexibility index (Phi) is 28.9. The minimum Gasteiger partial charge on any atom is -0.466 e. The minimum absolute atomic E-state index is 0.110. The first-order valence-electron chi connectivity index (χ1n) is 17.0. The molecule has 0 bridgehead atoms. The fourth-order valence-corrected chi connectivity index (χ4v) is 4.93. The van der Waals surface area contributed by atoms with E-state index < -0.39 is 0 Å². The summed E-state index contributed by atoms with van der Waals surface area (Å²) in [5.74, 6) is 1.03. The number of hydrogen-bond acceptors (Lipinski definition) is 4. The molecule has 0 heterocycles. The summed E-state index contributed by atoms with van der Waals surface area (Å²) >= 11 is 0. The summed E-state index contributed by atoms with van der Waals surface area (Å²) in [5, 5.41) is 0. The Morgan fingerprint density at radius 3 is 1.37 bits per heavy atom. The lowest BCUT2D eigenvalue weighted by atomic mass is 10.0. The molecular weight excluding hydrogens is 472 g/mol. The molecule has 0 saturated heterocycles. The Bertz CT molecular complexity index is 461. The van der Waals surface area contributed by atoms with Gasteiger partial charge >= 0.3 is 5.97 Å². The number of carbonyl (C=O) groups is 1. The van der Waals surface area contributed by atoms with E-state index in [2.05, 4.69) is 34.6 Å². The van der Waals surface area contributed by atoms with E-state index in [4.69, 9.17) is 14.2 Å². The molecule has 0 aromatic rings. The zero-order chi connectivity index (χ0) is 28.1. The summed E-state index contributed by atoms with van der Waals surface area (Å²) < 4.78 is 18.0. The number of hydrogen-bond donors (Lipinski definition) is 0. The van der Waals surface area contributed by atoms with Crippen LogP contribution in [-0.4, -0.2) is 32.1 Å². The average Bonchev–Trinajstić information content (AvgIpc) is 2.93. The highest BCUT2D eigenvalue weighted by molar-refractivity contribution is 5.69. The van der Waals surface area contributed by atoms with Gasteiger partial charge in [0.15, 0.2) is 6.29 Å². The van der Waals surface area contributed by atoms with E-state index in [0.717, 1.165) is 38.9 Å². The van der Waals surface area contributed by atoms with E-state index in [1.54, 1.807) is 0 Å². The number of carbonyl (C=O) groups excluding carboxylic acids is 1.